The Morgan fingerprint density at radius 3 is 2.41 bits per heavy atom. The molecule has 3 unspecified atom stereocenters. The predicted molar refractivity (Wildman–Crippen MR) is 80.1 cm³/mol. The fourth-order valence-electron chi connectivity index (χ4n) is 3.42. The van der Waals surface area contributed by atoms with Crippen molar-refractivity contribution < 1.29 is 0 Å². The Labute approximate surface area is 116 Å². The molecule has 0 spiro atoms. The minimum absolute atomic E-state index is 0.932. The lowest BCUT2D eigenvalue weighted by Crippen LogP contribution is -2.11. The standard InChI is InChI=1S/C14H24Cl2Si/c1-17(15,16)9-5-3-2-4-6-13-10-12-7-8-14(13)11-12/h7-8,12-14H,2-6,9-11H2,1H3. The predicted octanol–water partition coefficient (Wildman–Crippen LogP) is 5.70. The van der Waals surface area contributed by atoms with Crippen LogP contribution in [0.25, 0.3) is 0 Å². The lowest BCUT2D eigenvalue weighted by Gasteiger charge is -2.17. The Hall–Kier alpha value is 0.537. The molecule has 1 fully saturated rings. The second-order valence-corrected chi connectivity index (χ2v) is 14.3. The molecule has 3 heteroatoms. The van der Waals surface area contributed by atoms with Crippen molar-refractivity contribution in [3.63, 3.8) is 0 Å². The van der Waals surface area contributed by atoms with Gasteiger partial charge in [-0.2, -0.15) is 0 Å². The molecule has 3 atom stereocenters. The van der Waals surface area contributed by atoms with Gasteiger partial charge in [0.05, 0.1) is 0 Å². The van der Waals surface area contributed by atoms with Crippen LogP contribution in [0.3, 0.4) is 0 Å². The molecule has 0 heterocycles. The van der Waals surface area contributed by atoms with Crippen LogP contribution in [0, 0.1) is 17.8 Å². The third-order valence-electron chi connectivity index (χ3n) is 4.36. The molecule has 0 aromatic heterocycles. The van der Waals surface area contributed by atoms with Gasteiger partial charge < -0.3 is 0 Å². The molecule has 0 aromatic carbocycles. The lowest BCUT2D eigenvalue weighted by atomic mass is 9.88. The van der Waals surface area contributed by atoms with Crippen molar-refractivity contribution in [2.75, 3.05) is 0 Å². The summed E-state index contributed by atoms with van der Waals surface area (Å²) in [7, 11) is 0. The molecule has 0 saturated heterocycles. The molecular formula is C14H24Cl2Si. The van der Waals surface area contributed by atoms with Gasteiger partial charge in [-0.25, -0.2) is 0 Å². The van der Waals surface area contributed by atoms with Crippen LogP contribution in [0.5, 0.6) is 0 Å². The van der Waals surface area contributed by atoms with Crippen LogP contribution in [0.1, 0.15) is 44.9 Å². The zero-order chi connectivity index (χ0) is 12.3. The maximum absolute atomic E-state index is 6.09. The number of unbranched alkanes of at least 4 members (excludes halogenated alkanes) is 3. The van der Waals surface area contributed by atoms with Gasteiger partial charge in [0, 0.05) is 0 Å². The maximum Gasteiger partial charge on any atom is 0.248 e. The molecule has 2 bridgehead atoms. The summed E-state index contributed by atoms with van der Waals surface area (Å²) in [5.41, 5.74) is 0. The van der Waals surface area contributed by atoms with Gasteiger partial charge in [0.25, 0.3) is 0 Å². The van der Waals surface area contributed by atoms with Crippen molar-refractivity contribution in [3.05, 3.63) is 12.2 Å². The van der Waals surface area contributed by atoms with Crippen molar-refractivity contribution in [2.45, 2.75) is 57.5 Å². The van der Waals surface area contributed by atoms with E-state index in [0.717, 1.165) is 23.8 Å². The lowest BCUT2D eigenvalue weighted by molar-refractivity contribution is 0.395. The fourth-order valence-corrected chi connectivity index (χ4v) is 5.09. The van der Waals surface area contributed by atoms with E-state index in [1.54, 1.807) is 0 Å². The first-order valence-corrected chi connectivity index (χ1v) is 11.8. The molecule has 17 heavy (non-hydrogen) atoms. The first-order chi connectivity index (χ1) is 8.04. The van der Waals surface area contributed by atoms with E-state index in [1.165, 1.54) is 44.9 Å². The molecule has 98 valence electrons. The Balaban J connectivity index is 1.49. The van der Waals surface area contributed by atoms with E-state index in [0.29, 0.717) is 0 Å². The summed E-state index contributed by atoms with van der Waals surface area (Å²) in [6.07, 6.45) is 14.6. The van der Waals surface area contributed by atoms with Crippen molar-refractivity contribution in [1.29, 1.82) is 0 Å². The number of rotatable bonds is 7. The number of hydrogen-bond donors (Lipinski definition) is 0. The monoisotopic (exact) mass is 290 g/mol. The average Bonchev–Trinajstić information content (AvgIpc) is 2.83. The zero-order valence-electron chi connectivity index (χ0n) is 10.8. The molecule has 0 aromatic rings. The quantitative estimate of drug-likeness (QED) is 0.244. The highest BCUT2D eigenvalue weighted by Crippen LogP contribution is 2.45. The van der Waals surface area contributed by atoms with E-state index in [1.807, 2.05) is 6.55 Å². The molecule has 2 rings (SSSR count). The molecule has 0 radical (unpaired) electrons. The summed E-state index contributed by atoms with van der Waals surface area (Å²) in [4.78, 5) is 0. The molecule has 0 aliphatic heterocycles. The smallest absolute Gasteiger partial charge is 0.146 e. The summed E-state index contributed by atoms with van der Waals surface area (Å²) < 4.78 is 0. The second kappa shape index (κ2) is 6.12. The summed E-state index contributed by atoms with van der Waals surface area (Å²) >= 11 is 12.2. The highest BCUT2D eigenvalue weighted by molar-refractivity contribution is 7.44. The van der Waals surface area contributed by atoms with Crippen LogP contribution in [-0.4, -0.2) is 6.69 Å². The third kappa shape index (κ3) is 4.61. The van der Waals surface area contributed by atoms with Gasteiger partial charge in [0.2, 0.25) is 6.69 Å². The Morgan fingerprint density at radius 1 is 1.06 bits per heavy atom. The van der Waals surface area contributed by atoms with Gasteiger partial charge in [-0.1, -0.05) is 37.8 Å². The summed E-state index contributed by atoms with van der Waals surface area (Å²) in [6, 6.07) is 1.06. The number of hydrogen-bond acceptors (Lipinski definition) is 0. The first-order valence-electron chi connectivity index (χ1n) is 7.11. The van der Waals surface area contributed by atoms with Crippen LogP contribution in [-0.2, 0) is 0 Å². The summed E-state index contributed by atoms with van der Waals surface area (Å²) in [5, 5.41) is 0. The molecule has 0 nitrogen and oxygen atoms in total. The van der Waals surface area contributed by atoms with Gasteiger partial charge >= 0.3 is 0 Å². The van der Waals surface area contributed by atoms with E-state index >= 15 is 0 Å². The molecule has 0 N–H and O–H groups in total. The van der Waals surface area contributed by atoms with Crippen molar-refractivity contribution in [1.82, 2.24) is 0 Å². The second-order valence-electron chi connectivity index (χ2n) is 6.06. The zero-order valence-corrected chi connectivity index (χ0v) is 13.3. The van der Waals surface area contributed by atoms with Crippen molar-refractivity contribution in [2.24, 2.45) is 17.8 Å². The highest BCUT2D eigenvalue weighted by atomic mass is 35.7. The SMILES string of the molecule is C[Si](Cl)(Cl)CCCCCCC1CC2C=CC1C2. The van der Waals surface area contributed by atoms with Gasteiger partial charge in [-0.05, 0) is 49.6 Å². The van der Waals surface area contributed by atoms with E-state index in [2.05, 4.69) is 12.2 Å². The Bertz CT molecular complexity index is 270. The number of allylic oxidation sites excluding steroid dienone is 2. The Morgan fingerprint density at radius 2 is 1.82 bits per heavy atom. The Kier molecular flexibility index (Phi) is 5.03. The van der Waals surface area contributed by atoms with E-state index < -0.39 is 6.69 Å². The average molecular weight is 291 g/mol. The number of halogens is 2. The van der Waals surface area contributed by atoms with Gasteiger partial charge in [0.15, 0.2) is 0 Å². The first kappa shape index (κ1) is 14.0. The van der Waals surface area contributed by atoms with Gasteiger partial charge in [0.1, 0.15) is 0 Å². The van der Waals surface area contributed by atoms with Crippen LogP contribution in [0.4, 0.5) is 0 Å². The molecular weight excluding hydrogens is 267 g/mol. The van der Waals surface area contributed by atoms with E-state index in [-0.39, 0.29) is 0 Å². The summed E-state index contributed by atoms with van der Waals surface area (Å²) in [5.74, 6) is 2.87. The van der Waals surface area contributed by atoms with Crippen LogP contribution >= 0.6 is 22.2 Å². The van der Waals surface area contributed by atoms with Crippen molar-refractivity contribution in [3.8, 4) is 0 Å². The molecule has 2 aliphatic rings. The minimum Gasteiger partial charge on any atom is -0.146 e. The maximum atomic E-state index is 6.09. The normalized spacial score (nSPS) is 31.4. The van der Waals surface area contributed by atoms with Crippen LogP contribution in [0.2, 0.25) is 12.6 Å². The van der Waals surface area contributed by atoms with Crippen LogP contribution in [0.15, 0.2) is 12.2 Å². The topological polar surface area (TPSA) is 0 Å². The highest BCUT2D eigenvalue weighted by Gasteiger charge is 2.34. The summed E-state index contributed by atoms with van der Waals surface area (Å²) in [6.45, 7) is 0.207. The van der Waals surface area contributed by atoms with Crippen molar-refractivity contribution >= 4 is 28.9 Å². The fraction of sp³-hybridized carbons (Fsp3) is 0.857. The molecule has 0 amide bonds. The van der Waals surface area contributed by atoms with Gasteiger partial charge in [-0.15, -0.1) is 22.2 Å². The minimum atomic E-state index is -1.82. The molecule has 1 saturated carbocycles. The number of fused-ring (bicyclic) bond motifs is 2. The largest absolute Gasteiger partial charge is 0.248 e. The molecule has 2 aliphatic carbocycles. The third-order valence-corrected chi connectivity index (χ3v) is 6.72. The van der Waals surface area contributed by atoms with Gasteiger partial charge in [-0.3, -0.25) is 0 Å². The van der Waals surface area contributed by atoms with Crippen LogP contribution < -0.4 is 0 Å². The van der Waals surface area contributed by atoms with E-state index in [9.17, 15) is 0 Å². The van der Waals surface area contributed by atoms with E-state index in [4.69, 9.17) is 22.2 Å².